The van der Waals surface area contributed by atoms with Crippen molar-refractivity contribution in [3.8, 4) is 11.5 Å². The number of halogens is 2. The highest BCUT2D eigenvalue weighted by Gasteiger charge is 2.13. The number of ketones is 1. The fraction of sp³-hybridized carbons (Fsp3) is 0.211. The van der Waals surface area contributed by atoms with Crippen molar-refractivity contribution >= 4 is 17.5 Å². The third-order valence-corrected chi connectivity index (χ3v) is 4.51. The molecule has 3 rings (SSSR count). The summed E-state index contributed by atoms with van der Waals surface area (Å²) in [4.78, 5) is 12.2. The summed E-state index contributed by atoms with van der Waals surface area (Å²) in [6.45, 7) is -2.90. The molecule has 0 aliphatic rings. The molecule has 0 saturated heterocycles. The fourth-order valence-corrected chi connectivity index (χ4v) is 2.99. The standard InChI is InChI=1S/C19H16F2N2O4S/c1-25-14-6-2-12(3-7-14)10-17-22-23-19(27-17)28-11-16(24)13-4-8-15(9-5-13)26-18(20)21/h2-9,18H,10-11H2,1H3. The summed E-state index contributed by atoms with van der Waals surface area (Å²) in [6.07, 6.45) is 0.469. The monoisotopic (exact) mass is 406 g/mol. The zero-order chi connectivity index (χ0) is 19.9. The van der Waals surface area contributed by atoms with Crippen LogP contribution in [0, 0.1) is 0 Å². The van der Waals surface area contributed by atoms with Crippen LogP contribution in [0.15, 0.2) is 58.2 Å². The molecule has 28 heavy (non-hydrogen) atoms. The van der Waals surface area contributed by atoms with Crippen LogP contribution in [0.3, 0.4) is 0 Å². The van der Waals surface area contributed by atoms with Crippen molar-refractivity contribution in [1.82, 2.24) is 10.2 Å². The number of carbonyl (C=O) groups excluding carboxylic acids is 1. The Kier molecular flexibility index (Phi) is 6.59. The molecular weight excluding hydrogens is 390 g/mol. The van der Waals surface area contributed by atoms with Gasteiger partial charge < -0.3 is 13.9 Å². The maximum Gasteiger partial charge on any atom is 0.387 e. The number of carbonyl (C=O) groups is 1. The maximum atomic E-state index is 12.2. The first-order valence-electron chi connectivity index (χ1n) is 8.19. The van der Waals surface area contributed by atoms with Crippen molar-refractivity contribution in [2.45, 2.75) is 18.3 Å². The molecule has 1 aromatic heterocycles. The predicted molar refractivity (Wildman–Crippen MR) is 98.2 cm³/mol. The second-order valence-corrected chi connectivity index (χ2v) is 6.53. The lowest BCUT2D eigenvalue weighted by atomic mass is 10.1. The van der Waals surface area contributed by atoms with Crippen LogP contribution in [0.25, 0.3) is 0 Å². The Morgan fingerprint density at radius 1 is 1.07 bits per heavy atom. The van der Waals surface area contributed by atoms with E-state index in [-0.39, 0.29) is 22.5 Å². The van der Waals surface area contributed by atoms with E-state index >= 15 is 0 Å². The minimum Gasteiger partial charge on any atom is -0.497 e. The number of Topliss-reactive ketones (excluding diaryl/α,β-unsaturated/α-hetero) is 1. The van der Waals surface area contributed by atoms with Gasteiger partial charge in [-0.25, -0.2) is 0 Å². The van der Waals surface area contributed by atoms with Gasteiger partial charge in [0.15, 0.2) is 5.78 Å². The van der Waals surface area contributed by atoms with E-state index in [1.165, 1.54) is 24.3 Å². The van der Waals surface area contributed by atoms with Crippen LogP contribution in [0.4, 0.5) is 8.78 Å². The molecule has 3 aromatic rings. The quantitative estimate of drug-likeness (QED) is 0.389. The van der Waals surface area contributed by atoms with Crippen LogP contribution in [0.2, 0.25) is 0 Å². The van der Waals surface area contributed by atoms with Gasteiger partial charge in [-0.2, -0.15) is 8.78 Å². The van der Waals surface area contributed by atoms with Gasteiger partial charge in [0, 0.05) is 5.56 Å². The summed E-state index contributed by atoms with van der Waals surface area (Å²) < 4.78 is 39.2. The first-order valence-corrected chi connectivity index (χ1v) is 9.18. The molecule has 0 atom stereocenters. The van der Waals surface area contributed by atoms with E-state index in [0.29, 0.717) is 17.9 Å². The van der Waals surface area contributed by atoms with E-state index < -0.39 is 6.61 Å². The zero-order valence-corrected chi connectivity index (χ0v) is 15.6. The third kappa shape index (κ3) is 5.53. The van der Waals surface area contributed by atoms with E-state index in [0.717, 1.165) is 23.1 Å². The Hall–Kier alpha value is -2.94. The van der Waals surface area contributed by atoms with Crippen LogP contribution >= 0.6 is 11.8 Å². The van der Waals surface area contributed by atoms with Gasteiger partial charge in [-0.05, 0) is 42.0 Å². The Bertz CT molecular complexity index is 914. The van der Waals surface area contributed by atoms with E-state index in [9.17, 15) is 13.6 Å². The van der Waals surface area contributed by atoms with Gasteiger partial charge in [-0.1, -0.05) is 23.9 Å². The topological polar surface area (TPSA) is 74.5 Å². The average molecular weight is 406 g/mol. The van der Waals surface area contributed by atoms with Crippen LogP contribution < -0.4 is 9.47 Å². The minimum atomic E-state index is -2.90. The molecular formula is C19H16F2N2O4S. The fourth-order valence-electron chi connectivity index (χ4n) is 2.32. The van der Waals surface area contributed by atoms with Gasteiger partial charge in [-0.15, -0.1) is 10.2 Å². The van der Waals surface area contributed by atoms with Crippen molar-refractivity contribution in [2.24, 2.45) is 0 Å². The number of hydrogen-bond acceptors (Lipinski definition) is 7. The number of methoxy groups -OCH3 is 1. The molecule has 0 bridgehead atoms. The summed E-state index contributed by atoms with van der Waals surface area (Å²) in [7, 11) is 1.60. The Morgan fingerprint density at radius 2 is 1.75 bits per heavy atom. The van der Waals surface area contributed by atoms with Crippen LogP contribution in [-0.4, -0.2) is 35.5 Å². The Labute approximate surface area is 163 Å². The minimum absolute atomic E-state index is 0.000668. The molecule has 0 aliphatic heterocycles. The summed E-state index contributed by atoms with van der Waals surface area (Å²) in [5, 5.41) is 8.19. The number of thioether (sulfide) groups is 1. The molecule has 1 heterocycles. The summed E-state index contributed by atoms with van der Waals surface area (Å²) in [6, 6.07) is 13.0. The van der Waals surface area contributed by atoms with Crippen LogP contribution in [0.5, 0.6) is 11.5 Å². The van der Waals surface area contributed by atoms with Gasteiger partial charge in [-0.3, -0.25) is 4.79 Å². The van der Waals surface area contributed by atoms with Crippen molar-refractivity contribution in [1.29, 1.82) is 0 Å². The molecule has 0 amide bonds. The van der Waals surface area contributed by atoms with Crippen molar-refractivity contribution in [2.75, 3.05) is 12.9 Å². The molecule has 0 aliphatic carbocycles. The third-order valence-electron chi connectivity index (χ3n) is 3.69. The number of benzene rings is 2. The smallest absolute Gasteiger partial charge is 0.387 e. The van der Waals surface area contributed by atoms with E-state index in [4.69, 9.17) is 9.15 Å². The van der Waals surface area contributed by atoms with Gasteiger partial charge >= 0.3 is 6.61 Å². The van der Waals surface area contributed by atoms with E-state index in [1.807, 2.05) is 24.3 Å². The van der Waals surface area contributed by atoms with E-state index in [1.54, 1.807) is 7.11 Å². The number of alkyl halides is 2. The molecule has 9 heteroatoms. The summed E-state index contributed by atoms with van der Waals surface area (Å²) in [5.41, 5.74) is 1.37. The lowest BCUT2D eigenvalue weighted by Gasteiger charge is -2.04. The second-order valence-electron chi connectivity index (χ2n) is 5.60. The zero-order valence-electron chi connectivity index (χ0n) is 14.8. The maximum absolute atomic E-state index is 12.2. The molecule has 146 valence electrons. The first-order chi connectivity index (χ1) is 13.5. The van der Waals surface area contributed by atoms with E-state index in [2.05, 4.69) is 14.9 Å². The van der Waals surface area contributed by atoms with Crippen molar-refractivity contribution in [3.05, 3.63) is 65.5 Å². The Morgan fingerprint density at radius 3 is 2.39 bits per heavy atom. The molecule has 2 aromatic carbocycles. The second kappa shape index (κ2) is 9.32. The van der Waals surface area contributed by atoms with Crippen LogP contribution in [0.1, 0.15) is 21.8 Å². The van der Waals surface area contributed by atoms with Gasteiger partial charge in [0.05, 0.1) is 19.3 Å². The summed E-state index contributed by atoms with van der Waals surface area (Å²) >= 11 is 1.11. The highest BCUT2D eigenvalue weighted by Crippen LogP contribution is 2.21. The SMILES string of the molecule is COc1ccc(Cc2nnc(SCC(=O)c3ccc(OC(F)F)cc3)o2)cc1. The molecule has 6 nitrogen and oxygen atoms in total. The molecule has 0 radical (unpaired) electrons. The predicted octanol–water partition coefficient (Wildman–Crippen LogP) is 4.25. The number of nitrogens with zero attached hydrogens (tertiary/aromatic N) is 2. The molecule has 0 N–H and O–H groups in total. The van der Waals surface area contributed by atoms with Gasteiger partial charge in [0.2, 0.25) is 5.89 Å². The normalized spacial score (nSPS) is 10.9. The number of rotatable bonds is 9. The summed E-state index contributed by atoms with van der Waals surface area (Å²) in [5.74, 6) is 1.09. The first kappa shape index (κ1) is 19.8. The van der Waals surface area contributed by atoms with Crippen molar-refractivity contribution in [3.63, 3.8) is 0 Å². The van der Waals surface area contributed by atoms with Crippen molar-refractivity contribution < 1.29 is 27.5 Å². The Balaban J connectivity index is 1.52. The molecule has 0 spiro atoms. The van der Waals surface area contributed by atoms with Crippen LogP contribution in [-0.2, 0) is 6.42 Å². The molecule has 0 unspecified atom stereocenters. The lowest BCUT2D eigenvalue weighted by molar-refractivity contribution is -0.0498. The number of ether oxygens (including phenoxy) is 2. The number of hydrogen-bond donors (Lipinski definition) is 0. The molecule has 0 saturated carbocycles. The average Bonchev–Trinajstić information content (AvgIpc) is 3.14. The highest BCUT2D eigenvalue weighted by atomic mass is 32.2. The highest BCUT2D eigenvalue weighted by molar-refractivity contribution is 7.99. The molecule has 0 fully saturated rings. The largest absolute Gasteiger partial charge is 0.497 e. The number of aromatic nitrogens is 2. The van der Waals surface area contributed by atoms with Gasteiger partial charge in [0.1, 0.15) is 11.5 Å². The lowest BCUT2D eigenvalue weighted by Crippen LogP contribution is -2.04. The van der Waals surface area contributed by atoms with Gasteiger partial charge in [0.25, 0.3) is 5.22 Å².